The van der Waals surface area contributed by atoms with Gasteiger partial charge in [-0.2, -0.15) is 4.31 Å². The maximum absolute atomic E-state index is 12.6. The van der Waals surface area contributed by atoms with Gasteiger partial charge in [0.2, 0.25) is 10.0 Å². The Morgan fingerprint density at radius 2 is 2.05 bits per heavy atom. The second-order valence-electron chi connectivity index (χ2n) is 4.54. The lowest BCUT2D eigenvalue weighted by Gasteiger charge is -2.26. The Hall–Kier alpha value is -1.64. The van der Waals surface area contributed by atoms with Crippen LogP contribution in [0.15, 0.2) is 23.1 Å². The molecule has 1 saturated heterocycles. The maximum atomic E-state index is 12.6. The molecule has 0 unspecified atom stereocenters. The highest BCUT2D eigenvalue weighted by Crippen LogP contribution is 2.24. The van der Waals surface area contributed by atoms with Crippen LogP contribution in [-0.2, 0) is 14.8 Å². The van der Waals surface area contributed by atoms with Gasteiger partial charge >= 0.3 is 0 Å². The van der Waals surface area contributed by atoms with Crippen molar-refractivity contribution in [2.45, 2.75) is 11.8 Å². The molecule has 1 aliphatic heterocycles. The van der Waals surface area contributed by atoms with E-state index in [1.54, 1.807) is 19.1 Å². The minimum absolute atomic E-state index is 0.227. The van der Waals surface area contributed by atoms with Gasteiger partial charge in [0.1, 0.15) is 0 Å². The third-order valence-corrected chi connectivity index (χ3v) is 5.10. The lowest BCUT2D eigenvalue weighted by atomic mass is 10.2. The van der Waals surface area contributed by atoms with E-state index in [0.717, 1.165) is 0 Å². The first-order chi connectivity index (χ1) is 9.41. The summed E-state index contributed by atoms with van der Waals surface area (Å²) in [6.07, 6.45) is 0. The van der Waals surface area contributed by atoms with Gasteiger partial charge in [0.05, 0.1) is 18.1 Å². The Labute approximate surface area is 118 Å². The number of benzene rings is 1. The standard InChI is InChI=1S/C12H18N4O3S/c1-9-2-3-10(15-12(13)14)8-11(9)20(17,18)16-4-6-19-7-5-16/h2-3,8H,4-7H2,1H3,(H4,13,14,15). The average Bonchev–Trinajstić information content (AvgIpc) is 2.41. The van der Waals surface area contributed by atoms with Gasteiger partial charge < -0.3 is 15.8 Å². The number of aryl methyl sites for hydroxylation is 1. The SMILES string of the molecule is Cc1ccc(NC(=N)N)cc1S(=O)(=O)N1CCOCC1. The molecule has 1 heterocycles. The predicted molar refractivity (Wildman–Crippen MR) is 76.3 cm³/mol. The van der Waals surface area contributed by atoms with E-state index in [1.807, 2.05) is 0 Å². The van der Waals surface area contributed by atoms with Gasteiger partial charge in [0.25, 0.3) is 0 Å². The van der Waals surface area contributed by atoms with Crippen molar-refractivity contribution in [1.82, 2.24) is 4.31 Å². The number of nitrogens with one attached hydrogen (secondary N) is 2. The molecular formula is C12H18N4O3S. The lowest BCUT2D eigenvalue weighted by Crippen LogP contribution is -2.40. The third kappa shape index (κ3) is 3.09. The second-order valence-corrected chi connectivity index (χ2v) is 6.44. The van der Waals surface area contributed by atoms with Gasteiger partial charge in [-0.05, 0) is 24.6 Å². The molecule has 4 N–H and O–H groups in total. The zero-order chi connectivity index (χ0) is 14.8. The zero-order valence-electron chi connectivity index (χ0n) is 11.2. The largest absolute Gasteiger partial charge is 0.379 e. The number of guanidine groups is 1. The fourth-order valence-corrected chi connectivity index (χ4v) is 3.70. The summed E-state index contributed by atoms with van der Waals surface area (Å²) in [6.45, 7) is 3.26. The lowest BCUT2D eigenvalue weighted by molar-refractivity contribution is 0.0730. The molecule has 0 atom stereocenters. The molecule has 0 aliphatic carbocycles. The van der Waals surface area contributed by atoms with Crippen LogP contribution in [0, 0.1) is 12.3 Å². The molecule has 110 valence electrons. The van der Waals surface area contributed by atoms with Crippen LogP contribution in [0.2, 0.25) is 0 Å². The van der Waals surface area contributed by atoms with Crippen LogP contribution in [0.1, 0.15) is 5.56 Å². The Bertz CT molecular complexity index is 609. The van der Waals surface area contributed by atoms with Crippen LogP contribution < -0.4 is 11.1 Å². The van der Waals surface area contributed by atoms with E-state index in [2.05, 4.69) is 5.32 Å². The van der Waals surface area contributed by atoms with Gasteiger partial charge in [0.15, 0.2) is 5.96 Å². The topological polar surface area (TPSA) is 109 Å². The number of sulfonamides is 1. The average molecular weight is 298 g/mol. The molecule has 0 amide bonds. The quantitative estimate of drug-likeness (QED) is 0.550. The van der Waals surface area contributed by atoms with Crippen molar-refractivity contribution in [3.8, 4) is 0 Å². The van der Waals surface area contributed by atoms with Crippen LogP contribution in [0.3, 0.4) is 0 Å². The number of hydrogen-bond donors (Lipinski definition) is 3. The normalized spacial score (nSPS) is 16.9. The molecule has 20 heavy (non-hydrogen) atoms. The number of nitrogens with two attached hydrogens (primary N) is 1. The summed E-state index contributed by atoms with van der Waals surface area (Å²) < 4.78 is 31.8. The summed E-state index contributed by atoms with van der Waals surface area (Å²) in [6, 6.07) is 4.88. The molecule has 0 spiro atoms. The van der Waals surface area contributed by atoms with Gasteiger partial charge in [-0.15, -0.1) is 0 Å². The van der Waals surface area contributed by atoms with E-state index < -0.39 is 10.0 Å². The summed E-state index contributed by atoms with van der Waals surface area (Å²) in [5.74, 6) is -0.233. The summed E-state index contributed by atoms with van der Waals surface area (Å²) in [5.41, 5.74) is 6.40. The van der Waals surface area contributed by atoms with Crippen molar-refractivity contribution in [1.29, 1.82) is 5.41 Å². The molecule has 0 radical (unpaired) electrons. The molecule has 0 saturated carbocycles. The van der Waals surface area contributed by atoms with Crippen LogP contribution in [0.4, 0.5) is 5.69 Å². The molecule has 2 rings (SSSR count). The van der Waals surface area contributed by atoms with Crippen molar-refractivity contribution >= 4 is 21.7 Å². The summed E-state index contributed by atoms with van der Waals surface area (Å²) in [7, 11) is -3.55. The highest BCUT2D eigenvalue weighted by Gasteiger charge is 2.27. The number of rotatable bonds is 3. The monoisotopic (exact) mass is 298 g/mol. The van der Waals surface area contributed by atoms with E-state index in [-0.39, 0.29) is 10.9 Å². The zero-order valence-corrected chi connectivity index (χ0v) is 12.0. The highest BCUT2D eigenvalue weighted by molar-refractivity contribution is 7.89. The Balaban J connectivity index is 2.36. The molecule has 1 fully saturated rings. The molecule has 7 nitrogen and oxygen atoms in total. The number of ether oxygens (including phenoxy) is 1. The molecule has 1 aliphatic rings. The van der Waals surface area contributed by atoms with Crippen LogP contribution >= 0.6 is 0 Å². The Morgan fingerprint density at radius 1 is 1.40 bits per heavy atom. The van der Waals surface area contributed by atoms with Gasteiger partial charge in [-0.1, -0.05) is 6.07 Å². The molecule has 0 bridgehead atoms. The molecular weight excluding hydrogens is 280 g/mol. The highest BCUT2D eigenvalue weighted by atomic mass is 32.2. The first-order valence-electron chi connectivity index (χ1n) is 6.21. The number of morpholine rings is 1. The third-order valence-electron chi connectivity index (χ3n) is 3.06. The fraction of sp³-hybridized carbons (Fsp3) is 0.417. The van der Waals surface area contributed by atoms with E-state index in [9.17, 15) is 8.42 Å². The minimum atomic E-state index is -3.55. The van der Waals surface area contributed by atoms with Crippen molar-refractivity contribution in [3.05, 3.63) is 23.8 Å². The maximum Gasteiger partial charge on any atom is 0.243 e. The van der Waals surface area contributed by atoms with Crippen molar-refractivity contribution in [2.24, 2.45) is 5.73 Å². The summed E-state index contributed by atoms with van der Waals surface area (Å²) >= 11 is 0. The summed E-state index contributed by atoms with van der Waals surface area (Å²) in [5, 5.41) is 9.80. The minimum Gasteiger partial charge on any atom is -0.379 e. The number of nitrogens with zero attached hydrogens (tertiary/aromatic N) is 1. The fourth-order valence-electron chi connectivity index (χ4n) is 2.04. The molecule has 8 heteroatoms. The number of anilines is 1. The van der Waals surface area contributed by atoms with Crippen LogP contribution in [-0.4, -0.2) is 45.0 Å². The van der Waals surface area contributed by atoms with Crippen molar-refractivity contribution in [3.63, 3.8) is 0 Å². The van der Waals surface area contributed by atoms with Gasteiger partial charge in [-0.3, -0.25) is 5.41 Å². The van der Waals surface area contributed by atoms with Crippen LogP contribution in [0.25, 0.3) is 0 Å². The summed E-state index contributed by atoms with van der Waals surface area (Å²) in [4.78, 5) is 0.227. The van der Waals surface area contributed by atoms with Gasteiger partial charge in [-0.25, -0.2) is 8.42 Å². The van der Waals surface area contributed by atoms with Crippen molar-refractivity contribution < 1.29 is 13.2 Å². The second kappa shape index (κ2) is 5.78. The molecule has 0 aromatic heterocycles. The first-order valence-corrected chi connectivity index (χ1v) is 7.65. The number of hydrogen-bond acceptors (Lipinski definition) is 4. The van der Waals surface area contributed by atoms with E-state index >= 15 is 0 Å². The Morgan fingerprint density at radius 3 is 2.65 bits per heavy atom. The van der Waals surface area contributed by atoms with Crippen LogP contribution in [0.5, 0.6) is 0 Å². The van der Waals surface area contributed by atoms with Gasteiger partial charge in [0, 0.05) is 18.8 Å². The smallest absolute Gasteiger partial charge is 0.243 e. The molecule has 1 aromatic rings. The van der Waals surface area contributed by atoms with Crippen molar-refractivity contribution in [2.75, 3.05) is 31.6 Å². The predicted octanol–water partition coefficient (Wildman–Crippen LogP) is 0.321. The first kappa shape index (κ1) is 14.8. The molecule has 1 aromatic carbocycles. The van der Waals surface area contributed by atoms with E-state index in [0.29, 0.717) is 37.6 Å². The van der Waals surface area contributed by atoms with E-state index in [1.165, 1.54) is 10.4 Å². The Kier molecular flexibility index (Phi) is 4.26. The van der Waals surface area contributed by atoms with E-state index in [4.69, 9.17) is 15.9 Å².